The summed E-state index contributed by atoms with van der Waals surface area (Å²) in [5.41, 5.74) is 2.01. The van der Waals surface area contributed by atoms with Gasteiger partial charge in [-0.3, -0.25) is 4.79 Å². The highest BCUT2D eigenvalue weighted by Crippen LogP contribution is 2.39. The Morgan fingerprint density at radius 3 is 2.43 bits per heavy atom. The third-order valence-corrected chi connectivity index (χ3v) is 5.89. The topological polar surface area (TPSA) is 84.9 Å². The summed E-state index contributed by atoms with van der Waals surface area (Å²) in [4.78, 5) is 15.6. The number of ketones is 1. The molecule has 0 radical (unpaired) electrons. The first-order valence-corrected chi connectivity index (χ1v) is 10.3. The van der Waals surface area contributed by atoms with Crippen LogP contribution in [0.2, 0.25) is 0 Å². The van der Waals surface area contributed by atoms with Gasteiger partial charge in [0.2, 0.25) is 5.78 Å². The Labute approximate surface area is 175 Å². The summed E-state index contributed by atoms with van der Waals surface area (Å²) in [7, 11) is 1.61. The lowest BCUT2D eigenvalue weighted by atomic mass is 10.0. The van der Waals surface area contributed by atoms with Crippen molar-refractivity contribution < 1.29 is 34.3 Å². The van der Waals surface area contributed by atoms with E-state index in [1.165, 1.54) is 9.80 Å². The van der Waals surface area contributed by atoms with Gasteiger partial charge in [-0.05, 0) is 35.9 Å². The molecule has 158 valence electrons. The van der Waals surface area contributed by atoms with Crippen LogP contribution in [-0.4, -0.2) is 62.4 Å². The number of methoxy groups -OCH3 is 1. The lowest BCUT2D eigenvalue weighted by Gasteiger charge is -2.29. The SMILES string of the molecule is COc1ccc(/C=C2\Oc3c(ccc(O)c3C[NH+]3CC[NH+](CCO)CC3)C2=O)cc1. The van der Waals surface area contributed by atoms with Crippen LogP contribution in [-0.2, 0) is 6.54 Å². The van der Waals surface area contributed by atoms with Gasteiger partial charge in [0.15, 0.2) is 11.5 Å². The molecule has 1 fully saturated rings. The summed E-state index contributed by atoms with van der Waals surface area (Å²) < 4.78 is 11.1. The number of piperazine rings is 1. The summed E-state index contributed by atoms with van der Waals surface area (Å²) >= 11 is 0. The molecule has 0 amide bonds. The van der Waals surface area contributed by atoms with Crippen molar-refractivity contribution in [1.82, 2.24) is 0 Å². The lowest BCUT2D eigenvalue weighted by molar-refractivity contribution is -1.02. The largest absolute Gasteiger partial charge is 0.507 e. The van der Waals surface area contributed by atoms with Gasteiger partial charge in [0.05, 0.1) is 24.8 Å². The predicted octanol–water partition coefficient (Wildman–Crippen LogP) is -0.707. The Bertz CT molecular complexity index is 947. The van der Waals surface area contributed by atoms with Gasteiger partial charge in [-0.25, -0.2) is 0 Å². The molecule has 1 saturated heterocycles. The molecule has 0 saturated carbocycles. The van der Waals surface area contributed by atoms with Crippen LogP contribution in [0.4, 0.5) is 0 Å². The number of quaternary nitrogens is 2. The van der Waals surface area contributed by atoms with Gasteiger partial charge >= 0.3 is 0 Å². The quantitative estimate of drug-likeness (QED) is 0.472. The van der Waals surface area contributed by atoms with Crippen molar-refractivity contribution in [1.29, 1.82) is 0 Å². The van der Waals surface area contributed by atoms with Crippen LogP contribution in [0.25, 0.3) is 6.08 Å². The monoisotopic (exact) mass is 412 g/mol. The Hall–Kier alpha value is -2.87. The number of nitrogens with one attached hydrogen (secondary N) is 2. The van der Waals surface area contributed by atoms with E-state index < -0.39 is 0 Å². The van der Waals surface area contributed by atoms with Crippen molar-refractivity contribution in [2.45, 2.75) is 6.54 Å². The molecule has 7 nitrogen and oxygen atoms in total. The standard InChI is InChI=1S/C23H26N2O5/c1-29-17-4-2-16(3-5-17)14-21-22(28)18-6-7-20(27)19(23(18)30-21)15-25-10-8-24(9-11-25)12-13-26/h2-7,14,26-27H,8-13,15H2,1H3/p+2/b21-14-. The third kappa shape index (κ3) is 4.18. The fourth-order valence-corrected chi connectivity index (χ4v) is 4.11. The zero-order chi connectivity index (χ0) is 21.1. The molecule has 30 heavy (non-hydrogen) atoms. The molecule has 2 aromatic rings. The number of ether oxygens (including phenoxy) is 2. The molecule has 2 aromatic carbocycles. The number of aliphatic hydroxyl groups is 1. The number of phenols is 1. The number of rotatable bonds is 6. The molecular weight excluding hydrogens is 384 g/mol. The average molecular weight is 412 g/mol. The van der Waals surface area contributed by atoms with Gasteiger partial charge in [-0.15, -0.1) is 0 Å². The third-order valence-electron chi connectivity index (χ3n) is 5.89. The normalized spacial score (nSPS) is 22.1. The fourth-order valence-electron chi connectivity index (χ4n) is 4.11. The average Bonchev–Trinajstić information content (AvgIpc) is 3.08. The number of phenolic OH excluding ortho intramolecular Hbond substituents is 1. The lowest BCUT2D eigenvalue weighted by Crippen LogP contribution is -3.27. The first-order valence-electron chi connectivity index (χ1n) is 10.3. The molecule has 0 aromatic heterocycles. The van der Waals surface area contributed by atoms with E-state index >= 15 is 0 Å². The minimum absolute atomic E-state index is 0.157. The van der Waals surface area contributed by atoms with E-state index in [1.54, 1.807) is 25.3 Å². The van der Waals surface area contributed by atoms with Crippen molar-refractivity contribution in [2.24, 2.45) is 0 Å². The number of carbonyl (C=O) groups is 1. The zero-order valence-electron chi connectivity index (χ0n) is 17.1. The van der Waals surface area contributed by atoms with Crippen LogP contribution in [0.1, 0.15) is 21.5 Å². The molecule has 4 N–H and O–H groups in total. The number of carbonyl (C=O) groups excluding carboxylic acids is 1. The number of benzene rings is 2. The van der Waals surface area contributed by atoms with Gasteiger partial charge in [0, 0.05) is 0 Å². The fraction of sp³-hybridized carbons (Fsp3) is 0.348. The van der Waals surface area contributed by atoms with E-state index in [0.717, 1.165) is 44.0 Å². The number of aromatic hydroxyl groups is 1. The van der Waals surface area contributed by atoms with Crippen LogP contribution >= 0.6 is 0 Å². The summed E-state index contributed by atoms with van der Waals surface area (Å²) in [5, 5.41) is 19.6. The Kier molecular flexibility index (Phi) is 6.03. The number of hydrogen-bond acceptors (Lipinski definition) is 5. The molecule has 0 unspecified atom stereocenters. The number of allylic oxidation sites excluding steroid dienone is 1. The summed E-state index contributed by atoms with van der Waals surface area (Å²) in [6.45, 7) is 5.43. The second-order valence-corrected chi connectivity index (χ2v) is 7.80. The van der Waals surface area contributed by atoms with Crippen molar-refractivity contribution in [3.8, 4) is 17.2 Å². The molecule has 4 rings (SSSR count). The van der Waals surface area contributed by atoms with Crippen LogP contribution in [0, 0.1) is 0 Å². The summed E-state index contributed by atoms with van der Waals surface area (Å²) in [5.74, 6) is 1.46. The molecule has 0 atom stereocenters. The highest BCUT2D eigenvalue weighted by Gasteiger charge is 2.33. The Balaban J connectivity index is 1.53. The smallest absolute Gasteiger partial charge is 0.231 e. The summed E-state index contributed by atoms with van der Waals surface area (Å²) in [6, 6.07) is 10.6. The first kappa shape index (κ1) is 20.4. The van der Waals surface area contributed by atoms with E-state index in [2.05, 4.69) is 0 Å². The molecule has 0 spiro atoms. The van der Waals surface area contributed by atoms with E-state index in [0.29, 0.717) is 23.4 Å². The first-order chi connectivity index (χ1) is 14.6. The van der Waals surface area contributed by atoms with Crippen molar-refractivity contribution >= 4 is 11.9 Å². The molecule has 2 aliphatic rings. The van der Waals surface area contributed by atoms with Crippen molar-refractivity contribution in [2.75, 3.05) is 46.4 Å². The van der Waals surface area contributed by atoms with Gasteiger partial charge in [0.1, 0.15) is 50.8 Å². The molecule has 2 aliphatic heterocycles. The van der Waals surface area contributed by atoms with Crippen LogP contribution in [0.3, 0.4) is 0 Å². The molecular formula is C23H28N2O5+2. The summed E-state index contributed by atoms with van der Waals surface area (Å²) in [6.07, 6.45) is 1.71. The van der Waals surface area contributed by atoms with E-state index in [1.807, 2.05) is 24.3 Å². The molecule has 7 heteroatoms. The molecule has 0 aliphatic carbocycles. The van der Waals surface area contributed by atoms with E-state index in [9.17, 15) is 9.90 Å². The maximum atomic E-state index is 12.9. The van der Waals surface area contributed by atoms with E-state index in [-0.39, 0.29) is 23.9 Å². The minimum Gasteiger partial charge on any atom is -0.507 e. The Morgan fingerprint density at radius 2 is 1.77 bits per heavy atom. The van der Waals surface area contributed by atoms with E-state index in [4.69, 9.17) is 14.6 Å². The second-order valence-electron chi connectivity index (χ2n) is 7.80. The highest BCUT2D eigenvalue weighted by molar-refractivity contribution is 6.14. The van der Waals surface area contributed by atoms with Gasteiger partial charge in [0.25, 0.3) is 0 Å². The minimum atomic E-state index is -0.172. The highest BCUT2D eigenvalue weighted by atomic mass is 16.5. The van der Waals surface area contributed by atoms with Gasteiger partial charge < -0.3 is 29.5 Å². The van der Waals surface area contributed by atoms with Crippen LogP contribution in [0.5, 0.6) is 17.2 Å². The Morgan fingerprint density at radius 1 is 1.07 bits per heavy atom. The predicted molar refractivity (Wildman–Crippen MR) is 111 cm³/mol. The molecule has 0 bridgehead atoms. The number of fused-ring (bicyclic) bond motifs is 1. The second kappa shape index (κ2) is 8.87. The number of Topliss-reactive ketones (excluding diaryl/α,β-unsaturated/α-hetero) is 1. The van der Waals surface area contributed by atoms with Gasteiger partial charge in [-0.1, -0.05) is 12.1 Å². The van der Waals surface area contributed by atoms with Crippen LogP contribution < -0.4 is 19.3 Å². The van der Waals surface area contributed by atoms with Gasteiger partial charge in [-0.2, -0.15) is 0 Å². The number of hydrogen-bond donors (Lipinski definition) is 4. The maximum absolute atomic E-state index is 12.9. The molecule has 2 heterocycles. The van der Waals surface area contributed by atoms with Crippen LogP contribution in [0.15, 0.2) is 42.2 Å². The van der Waals surface area contributed by atoms with Crippen molar-refractivity contribution in [3.05, 3.63) is 58.8 Å². The van der Waals surface area contributed by atoms with Crippen molar-refractivity contribution in [3.63, 3.8) is 0 Å². The zero-order valence-corrected chi connectivity index (χ0v) is 17.1. The number of aliphatic hydroxyl groups excluding tert-OH is 1. The maximum Gasteiger partial charge on any atom is 0.231 e.